The van der Waals surface area contributed by atoms with E-state index < -0.39 is 6.10 Å². The molecule has 1 amide bonds. The zero-order valence-corrected chi connectivity index (χ0v) is 13.6. The van der Waals surface area contributed by atoms with E-state index in [1.165, 1.54) is 5.56 Å². The van der Waals surface area contributed by atoms with Crippen molar-refractivity contribution in [2.45, 2.75) is 32.9 Å². The average molecular weight is 318 g/mol. The molecular formula is C18H20ClNO2. The lowest BCUT2D eigenvalue weighted by molar-refractivity contribution is -0.128. The molecule has 0 saturated heterocycles. The third kappa shape index (κ3) is 4.78. The summed E-state index contributed by atoms with van der Waals surface area (Å²) < 4.78 is 5.72. The summed E-state index contributed by atoms with van der Waals surface area (Å²) >= 11 is 5.93. The van der Waals surface area contributed by atoms with Gasteiger partial charge in [-0.1, -0.05) is 54.4 Å². The minimum absolute atomic E-state index is 0.121. The van der Waals surface area contributed by atoms with E-state index in [1.54, 1.807) is 24.3 Å². The summed E-state index contributed by atoms with van der Waals surface area (Å²) in [6.45, 7) is 4.44. The number of ether oxygens (including phenoxy) is 1. The van der Waals surface area contributed by atoms with E-state index >= 15 is 0 Å². The first-order chi connectivity index (χ1) is 10.6. The van der Waals surface area contributed by atoms with E-state index in [1.807, 2.05) is 32.0 Å². The Kier molecular flexibility index (Phi) is 5.84. The molecule has 0 bridgehead atoms. The van der Waals surface area contributed by atoms with E-state index in [2.05, 4.69) is 11.4 Å². The molecule has 1 unspecified atom stereocenters. The van der Waals surface area contributed by atoms with Crippen LogP contribution in [0.3, 0.4) is 0 Å². The second-order valence-electron chi connectivity index (χ2n) is 5.18. The van der Waals surface area contributed by atoms with Gasteiger partial charge in [0.1, 0.15) is 5.75 Å². The molecule has 116 valence electrons. The highest BCUT2D eigenvalue weighted by molar-refractivity contribution is 6.30. The summed E-state index contributed by atoms with van der Waals surface area (Å²) in [5.41, 5.74) is 2.25. The summed E-state index contributed by atoms with van der Waals surface area (Å²) in [6, 6.07) is 15.1. The van der Waals surface area contributed by atoms with Crippen LogP contribution in [0, 0.1) is 6.92 Å². The average Bonchev–Trinajstić information content (AvgIpc) is 2.50. The first-order valence-electron chi connectivity index (χ1n) is 7.34. The first kappa shape index (κ1) is 16.4. The number of carbonyl (C=O) groups excluding carboxylic acids is 1. The number of aryl methyl sites for hydroxylation is 1. The fraction of sp³-hybridized carbons (Fsp3) is 0.278. The Morgan fingerprint density at radius 3 is 2.68 bits per heavy atom. The fourth-order valence-corrected chi connectivity index (χ4v) is 2.33. The molecule has 0 radical (unpaired) electrons. The van der Waals surface area contributed by atoms with Crippen LogP contribution in [0.5, 0.6) is 5.75 Å². The number of rotatable bonds is 6. The Hall–Kier alpha value is -2.00. The molecule has 0 aliphatic carbocycles. The Balaban J connectivity index is 1.94. The fourth-order valence-electron chi connectivity index (χ4n) is 2.15. The highest BCUT2D eigenvalue weighted by Crippen LogP contribution is 2.19. The highest BCUT2D eigenvalue weighted by atomic mass is 35.5. The maximum Gasteiger partial charge on any atom is 0.261 e. The van der Waals surface area contributed by atoms with Gasteiger partial charge in [-0.2, -0.15) is 0 Å². The number of benzene rings is 2. The minimum atomic E-state index is -0.525. The zero-order chi connectivity index (χ0) is 15.9. The smallest absolute Gasteiger partial charge is 0.261 e. The Bertz CT molecular complexity index is 642. The van der Waals surface area contributed by atoms with Crippen molar-refractivity contribution in [3.8, 4) is 5.75 Å². The lowest BCUT2D eigenvalue weighted by Crippen LogP contribution is -2.37. The Morgan fingerprint density at radius 1 is 1.23 bits per heavy atom. The molecule has 2 rings (SSSR count). The Morgan fingerprint density at radius 2 is 2.00 bits per heavy atom. The van der Waals surface area contributed by atoms with Crippen molar-refractivity contribution in [1.82, 2.24) is 5.32 Å². The number of amides is 1. The number of nitrogens with one attached hydrogen (secondary N) is 1. The number of hydrogen-bond acceptors (Lipinski definition) is 2. The van der Waals surface area contributed by atoms with Crippen LogP contribution in [-0.4, -0.2) is 12.0 Å². The van der Waals surface area contributed by atoms with Crippen molar-refractivity contribution in [3.05, 3.63) is 64.7 Å². The second-order valence-corrected chi connectivity index (χ2v) is 5.62. The monoisotopic (exact) mass is 317 g/mol. The largest absolute Gasteiger partial charge is 0.481 e. The zero-order valence-electron chi connectivity index (χ0n) is 12.8. The molecule has 2 aromatic rings. The summed E-state index contributed by atoms with van der Waals surface area (Å²) in [5, 5.41) is 3.51. The van der Waals surface area contributed by atoms with Gasteiger partial charge in [-0.3, -0.25) is 4.79 Å². The molecule has 0 aliphatic rings. The van der Waals surface area contributed by atoms with Crippen molar-refractivity contribution >= 4 is 17.5 Å². The van der Waals surface area contributed by atoms with Crippen LogP contribution in [0.2, 0.25) is 5.02 Å². The van der Waals surface area contributed by atoms with Gasteiger partial charge in [0.2, 0.25) is 0 Å². The standard InChI is InChI=1S/C18H20ClNO2/c1-3-17(22-16-9-5-8-15(19)11-16)18(21)20-12-14-7-4-6-13(2)10-14/h4-11,17H,3,12H2,1-2H3,(H,20,21). The van der Waals surface area contributed by atoms with Gasteiger partial charge in [-0.25, -0.2) is 0 Å². The van der Waals surface area contributed by atoms with Gasteiger partial charge in [-0.15, -0.1) is 0 Å². The van der Waals surface area contributed by atoms with Crippen molar-refractivity contribution in [2.75, 3.05) is 0 Å². The van der Waals surface area contributed by atoms with E-state index in [4.69, 9.17) is 16.3 Å². The molecule has 1 atom stereocenters. The van der Waals surface area contributed by atoms with Crippen LogP contribution in [0.15, 0.2) is 48.5 Å². The van der Waals surface area contributed by atoms with Gasteiger partial charge in [0.05, 0.1) is 0 Å². The maximum absolute atomic E-state index is 12.3. The van der Waals surface area contributed by atoms with E-state index in [9.17, 15) is 4.79 Å². The van der Waals surface area contributed by atoms with Gasteiger partial charge in [0, 0.05) is 11.6 Å². The van der Waals surface area contributed by atoms with Crippen LogP contribution in [-0.2, 0) is 11.3 Å². The SMILES string of the molecule is CCC(Oc1cccc(Cl)c1)C(=O)NCc1cccc(C)c1. The summed E-state index contributed by atoms with van der Waals surface area (Å²) in [4.78, 5) is 12.3. The molecule has 2 aromatic carbocycles. The van der Waals surface area contributed by atoms with Crippen LogP contribution < -0.4 is 10.1 Å². The molecule has 0 saturated carbocycles. The van der Waals surface area contributed by atoms with Crippen LogP contribution >= 0.6 is 11.6 Å². The summed E-state index contributed by atoms with van der Waals surface area (Å²) in [6.07, 6.45) is 0.0647. The van der Waals surface area contributed by atoms with Gasteiger partial charge in [0.15, 0.2) is 6.10 Å². The topological polar surface area (TPSA) is 38.3 Å². The van der Waals surface area contributed by atoms with Crippen LogP contribution in [0.4, 0.5) is 0 Å². The van der Waals surface area contributed by atoms with Gasteiger partial charge in [0.25, 0.3) is 5.91 Å². The second kappa shape index (κ2) is 7.85. The molecule has 0 aliphatic heterocycles. The summed E-state index contributed by atoms with van der Waals surface area (Å²) in [7, 11) is 0. The molecular weight excluding hydrogens is 298 g/mol. The molecule has 4 heteroatoms. The molecule has 0 aromatic heterocycles. The van der Waals surface area contributed by atoms with E-state index in [-0.39, 0.29) is 5.91 Å². The Labute approximate surface area is 136 Å². The van der Waals surface area contributed by atoms with Crippen LogP contribution in [0.25, 0.3) is 0 Å². The quantitative estimate of drug-likeness (QED) is 0.870. The number of carbonyl (C=O) groups is 1. The molecule has 0 spiro atoms. The van der Waals surface area contributed by atoms with E-state index in [0.717, 1.165) is 5.56 Å². The predicted octanol–water partition coefficient (Wildman–Crippen LogP) is 4.12. The number of hydrogen-bond donors (Lipinski definition) is 1. The first-order valence-corrected chi connectivity index (χ1v) is 7.71. The van der Waals surface area contributed by atoms with Crippen molar-refractivity contribution in [3.63, 3.8) is 0 Å². The minimum Gasteiger partial charge on any atom is -0.481 e. The van der Waals surface area contributed by atoms with Gasteiger partial charge in [-0.05, 0) is 37.1 Å². The van der Waals surface area contributed by atoms with Crippen molar-refractivity contribution in [2.24, 2.45) is 0 Å². The van der Waals surface area contributed by atoms with Crippen molar-refractivity contribution in [1.29, 1.82) is 0 Å². The third-order valence-electron chi connectivity index (χ3n) is 3.29. The van der Waals surface area contributed by atoms with E-state index in [0.29, 0.717) is 23.7 Å². The van der Waals surface area contributed by atoms with Gasteiger partial charge < -0.3 is 10.1 Å². The molecule has 1 N–H and O–H groups in total. The highest BCUT2D eigenvalue weighted by Gasteiger charge is 2.18. The molecule has 0 fully saturated rings. The lowest BCUT2D eigenvalue weighted by Gasteiger charge is -2.17. The molecule has 22 heavy (non-hydrogen) atoms. The predicted molar refractivity (Wildman–Crippen MR) is 89.2 cm³/mol. The van der Waals surface area contributed by atoms with Crippen LogP contribution in [0.1, 0.15) is 24.5 Å². The van der Waals surface area contributed by atoms with Gasteiger partial charge >= 0.3 is 0 Å². The number of halogens is 1. The molecule has 0 heterocycles. The maximum atomic E-state index is 12.3. The molecule has 3 nitrogen and oxygen atoms in total. The lowest BCUT2D eigenvalue weighted by atomic mass is 10.1. The normalized spacial score (nSPS) is 11.8. The van der Waals surface area contributed by atoms with Crippen molar-refractivity contribution < 1.29 is 9.53 Å². The third-order valence-corrected chi connectivity index (χ3v) is 3.52. The summed E-state index contributed by atoms with van der Waals surface area (Å²) in [5.74, 6) is 0.481.